The van der Waals surface area contributed by atoms with E-state index in [1.807, 2.05) is 36.6 Å². The zero-order valence-corrected chi connectivity index (χ0v) is 12.1. The predicted molar refractivity (Wildman–Crippen MR) is 76.1 cm³/mol. The Balaban J connectivity index is 2.09. The van der Waals surface area contributed by atoms with Crippen LogP contribution in [0.25, 0.3) is 17.1 Å². The largest absolute Gasteiger partial charge is 0.305 e. The summed E-state index contributed by atoms with van der Waals surface area (Å²) in [6.07, 6.45) is -1.15. The van der Waals surface area contributed by atoms with Gasteiger partial charge in [-0.2, -0.15) is 0 Å². The molecule has 0 aliphatic carbocycles. The molecule has 0 spiro atoms. The molecular formula is C15H13F2N5. The van der Waals surface area contributed by atoms with Crippen LogP contribution in [-0.4, -0.2) is 24.3 Å². The van der Waals surface area contributed by atoms with Crippen LogP contribution in [0.3, 0.4) is 0 Å². The molecule has 1 aromatic carbocycles. The molecule has 112 valence electrons. The molecular weight excluding hydrogens is 288 g/mol. The quantitative estimate of drug-likeness (QED) is 0.543. The van der Waals surface area contributed by atoms with Gasteiger partial charge in [0.15, 0.2) is 5.82 Å². The second-order valence-electron chi connectivity index (χ2n) is 5.42. The van der Waals surface area contributed by atoms with E-state index in [4.69, 9.17) is 0 Å². The molecule has 0 bridgehead atoms. The Bertz CT molecular complexity index is 878. The SMILES string of the molecule is Cc1ccc2c(c1)-c1nnc(C)n1Cc1c(C(F)F)ncn1-2. The third-order valence-electron chi connectivity index (χ3n) is 4.00. The van der Waals surface area contributed by atoms with E-state index in [2.05, 4.69) is 15.2 Å². The minimum Gasteiger partial charge on any atom is -0.305 e. The zero-order valence-electron chi connectivity index (χ0n) is 12.1. The molecule has 5 nitrogen and oxygen atoms in total. The van der Waals surface area contributed by atoms with Gasteiger partial charge in [-0.05, 0) is 26.0 Å². The highest BCUT2D eigenvalue weighted by atomic mass is 19.3. The first-order valence-electron chi connectivity index (χ1n) is 6.91. The van der Waals surface area contributed by atoms with Crippen LogP contribution in [0.15, 0.2) is 24.5 Å². The Kier molecular flexibility index (Phi) is 2.66. The molecule has 22 heavy (non-hydrogen) atoms. The van der Waals surface area contributed by atoms with Gasteiger partial charge < -0.3 is 9.13 Å². The summed E-state index contributed by atoms with van der Waals surface area (Å²) < 4.78 is 30.1. The van der Waals surface area contributed by atoms with Crippen molar-refractivity contribution in [2.24, 2.45) is 0 Å². The van der Waals surface area contributed by atoms with Crippen molar-refractivity contribution in [1.29, 1.82) is 0 Å². The van der Waals surface area contributed by atoms with Gasteiger partial charge >= 0.3 is 0 Å². The smallest absolute Gasteiger partial charge is 0.282 e. The van der Waals surface area contributed by atoms with E-state index in [1.54, 1.807) is 4.57 Å². The highest BCUT2D eigenvalue weighted by Crippen LogP contribution is 2.34. The van der Waals surface area contributed by atoms with Gasteiger partial charge in [-0.15, -0.1) is 10.2 Å². The first-order chi connectivity index (χ1) is 10.6. The summed E-state index contributed by atoms with van der Waals surface area (Å²) >= 11 is 0. The molecule has 7 heteroatoms. The number of aromatic nitrogens is 5. The fourth-order valence-corrected chi connectivity index (χ4v) is 2.89. The summed E-state index contributed by atoms with van der Waals surface area (Å²) in [5.41, 5.74) is 3.03. The van der Waals surface area contributed by atoms with E-state index in [9.17, 15) is 8.78 Å². The molecule has 4 rings (SSSR count). The van der Waals surface area contributed by atoms with Crippen molar-refractivity contribution in [2.75, 3.05) is 0 Å². The topological polar surface area (TPSA) is 48.5 Å². The third-order valence-corrected chi connectivity index (χ3v) is 4.00. The summed E-state index contributed by atoms with van der Waals surface area (Å²) in [6, 6.07) is 5.85. The minimum absolute atomic E-state index is 0.188. The Morgan fingerprint density at radius 3 is 2.77 bits per heavy atom. The molecule has 0 fully saturated rings. The highest BCUT2D eigenvalue weighted by Gasteiger charge is 2.27. The number of halogens is 2. The molecule has 0 atom stereocenters. The lowest BCUT2D eigenvalue weighted by Crippen LogP contribution is -2.07. The molecule has 0 saturated carbocycles. The fourth-order valence-electron chi connectivity index (χ4n) is 2.89. The number of aryl methyl sites for hydroxylation is 2. The molecule has 0 N–H and O–H groups in total. The summed E-state index contributed by atoms with van der Waals surface area (Å²) in [6.45, 7) is 4.08. The second kappa shape index (κ2) is 4.46. The Morgan fingerprint density at radius 1 is 1.18 bits per heavy atom. The van der Waals surface area contributed by atoms with Gasteiger partial charge in [-0.25, -0.2) is 13.8 Å². The van der Waals surface area contributed by atoms with Crippen molar-refractivity contribution < 1.29 is 8.78 Å². The van der Waals surface area contributed by atoms with Crippen LogP contribution in [0.2, 0.25) is 0 Å². The molecule has 3 heterocycles. The summed E-state index contributed by atoms with van der Waals surface area (Å²) in [4.78, 5) is 3.91. The average Bonchev–Trinajstić information content (AvgIpc) is 3.01. The van der Waals surface area contributed by atoms with Crippen LogP contribution in [0.4, 0.5) is 8.78 Å². The van der Waals surface area contributed by atoms with Crippen LogP contribution in [0.1, 0.15) is 29.2 Å². The van der Waals surface area contributed by atoms with Crippen molar-refractivity contribution in [3.8, 4) is 17.1 Å². The Morgan fingerprint density at radius 2 is 2.00 bits per heavy atom. The summed E-state index contributed by atoms with van der Waals surface area (Å²) in [5, 5.41) is 8.32. The number of rotatable bonds is 1. The summed E-state index contributed by atoms with van der Waals surface area (Å²) in [7, 11) is 0. The zero-order chi connectivity index (χ0) is 15.4. The Hall–Kier alpha value is -2.57. The van der Waals surface area contributed by atoms with Crippen LogP contribution >= 0.6 is 0 Å². The fraction of sp³-hybridized carbons (Fsp3) is 0.267. The van der Waals surface area contributed by atoms with Crippen molar-refractivity contribution in [1.82, 2.24) is 24.3 Å². The van der Waals surface area contributed by atoms with Crippen molar-refractivity contribution in [3.05, 3.63) is 47.3 Å². The molecule has 0 unspecified atom stereocenters. The van der Waals surface area contributed by atoms with Crippen LogP contribution in [0.5, 0.6) is 0 Å². The van der Waals surface area contributed by atoms with E-state index >= 15 is 0 Å². The van der Waals surface area contributed by atoms with E-state index in [0.29, 0.717) is 17.3 Å². The number of imidazole rings is 1. The van der Waals surface area contributed by atoms with Crippen molar-refractivity contribution >= 4 is 0 Å². The number of hydrogen-bond acceptors (Lipinski definition) is 3. The van der Waals surface area contributed by atoms with Crippen LogP contribution in [-0.2, 0) is 6.54 Å². The monoisotopic (exact) mass is 301 g/mol. The normalized spacial score (nSPS) is 12.8. The minimum atomic E-state index is -2.61. The van der Waals surface area contributed by atoms with Crippen LogP contribution in [0, 0.1) is 13.8 Å². The average molecular weight is 301 g/mol. The van der Waals surface area contributed by atoms with Crippen molar-refractivity contribution in [3.63, 3.8) is 0 Å². The molecule has 0 amide bonds. The lowest BCUT2D eigenvalue weighted by molar-refractivity contribution is 0.145. The molecule has 3 aromatic rings. The lowest BCUT2D eigenvalue weighted by atomic mass is 10.1. The van der Waals surface area contributed by atoms with Gasteiger partial charge in [0.2, 0.25) is 0 Å². The van der Waals surface area contributed by atoms with Crippen molar-refractivity contribution in [2.45, 2.75) is 26.8 Å². The molecule has 0 saturated heterocycles. The predicted octanol–water partition coefficient (Wildman–Crippen LogP) is 3.05. The Labute approximate surface area is 125 Å². The van der Waals surface area contributed by atoms with E-state index in [0.717, 1.165) is 16.8 Å². The van der Waals surface area contributed by atoms with Gasteiger partial charge in [0.25, 0.3) is 6.43 Å². The number of alkyl halides is 2. The van der Waals surface area contributed by atoms with Gasteiger partial charge in [-0.3, -0.25) is 0 Å². The first kappa shape index (κ1) is 13.1. The number of benzene rings is 1. The maximum Gasteiger partial charge on any atom is 0.282 e. The van der Waals surface area contributed by atoms with Gasteiger partial charge in [0, 0.05) is 5.56 Å². The van der Waals surface area contributed by atoms with Gasteiger partial charge in [-0.1, -0.05) is 11.6 Å². The lowest BCUT2D eigenvalue weighted by Gasteiger charge is -2.09. The number of hydrogen-bond donors (Lipinski definition) is 0. The molecule has 1 aliphatic rings. The number of fused-ring (bicyclic) bond motifs is 5. The van der Waals surface area contributed by atoms with E-state index in [-0.39, 0.29) is 12.2 Å². The first-order valence-corrected chi connectivity index (χ1v) is 6.91. The molecule has 1 aliphatic heterocycles. The van der Waals surface area contributed by atoms with Gasteiger partial charge in [0.05, 0.1) is 17.9 Å². The highest BCUT2D eigenvalue weighted by molar-refractivity contribution is 5.70. The van der Waals surface area contributed by atoms with E-state index < -0.39 is 6.43 Å². The number of nitrogens with zero attached hydrogens (tertiary/aromatic N) is 5. The summed E-state index contributed by atoms with van der Waals surface area (Å²) in [5.74, 6) is 1.39. The standard InChI is InChI=1S/C15H13F2N5/c1-8-3-4-11-10(5-8)15-20-19-9(2)21(15)6-12-13(14(16)17)18-7-22(11)12/h3-5,7,14H,6H2,1-2H3. The second-order valence-corrected chi connectivity index (χ2v) is 5.42. The van der Waals surface area contributed by atoms with E-state index in [1.165, 1.54) is 6.33 Å². The molecule has 0 radical (unpaired) electrons. The maximum absolute atomic E-state index is 13.2. The molecule has 2 aromatic heterocycles. The van der Waals surface area contributed by atoms with Gasteiger partial charge in [0.1, 0.15) is 17.8 Å². The third kappa shape index (κ3) is 1.71. The van der Waals surface area contributed by atoms with Crippen LogP contribution < -0.4 is 0 Å². The maximum atomic E-state index is 13.2.